The lowest BCUT2D eigenvalue weighted by atomic mass is 10.1. The van der Waals surface area contributed by atoms with Crippen LogP contribution in [0.1, 0.15) is 15.9 Å². The summed E-state index contributed by atoms with van der Waals surface area (Å²) in [6.45, 7) is 0.305. The number of hydrogen-bond donors (Lipinski definition) is 0. The van der Waals surface area contributed by atoms with Crippen molar-refractivity contribution in [2.45, 2.75) is 6.54 Å². The number of carbonyl (C=O) groups is 1. The number of amides is 1. The summed E-state index contributed by atoms with van der Waals surface area (Å²) in [6, 6.07) is 9.01. The van der Waals surface area contributed by atoms with E-state index in [4.69, 9.17) is 14.2 Å². The van der Waals surface area contributed by atoms with Crippen molar-refractivity contribution >= 4 is 5.91 Å². The predicted octanol–water partition coefficient (Wildman–Crippen LogP) is 3.12. The van der Waals surface area contributed by atoms with E-state index in [0.717, 1.165) is 5.56 Å². The van der Waals surface area contributed by atoms with Gasteiger partial charge in [0.05, 0.1) is 21.3 Å². The van der Waals surface area contributed by atoms with E-state index >= 15 is 0 Å². The first kappa shape index (κ1) is 17.6. The van der Waals surface area contributed by atoms with Crippen molar-refractivity contribution in [2.75, 3.05) is 28.4 Å². The van der Waals surface area contributed by atoms with Crippen LogP contribution in [0.3, 0.4) is 0 Å². The minimum absolute atomic E-state index is 0.216. The van der Waals surface area contributed by atoms with Gasteiger partial charge in [-0.2, -0.15) is 0 Å². The fourth-order valence-corrected chi connectivity index (χ4v) is 2.43. The van der Waals surface area contributed by atoms with Crippen LogP contribution in [0, 0.1) is 5.82 Å². The molecule has 0 saturated heterocycles. The van der Waals surface area contributed by atoms with Gasteiger partial charge in [0.15, 0.2) is 11.5 Å². The lowest BCUT2D eigenvalue weighted by Gasteiger charge is -2.21. The van der Waals surface area contributed by atoms with E-state index in [9.17, 15) is 9.18 Å². The largest absolute Gasteiger partial charge is 0.493 e. The van der Waals surface area contributed by atoms with Crippen molar-refractivity contribution < 1.29 is 23.4 Å². The second-order valence-electron chi connectivity index (χ2n) is 5.16. The van der Waals surface area contributed by atoms with Crippen molar-refractivity contribution in [1.29, 1.82) is 0 Å². The Morgan fingerprint density at radius 2 is 1.58 bits per heavy atom. The van der Waals surface area contributed by atoms with Crippen LogP contribution in [-0.4, -0.2) is 39.2 Å². The fraction of sp³-hybridized carbons (Fsp3) is 0.278. The Morgan fingerprint density at radius 1 is 0.958 bits per heavy atom. The zero-order valence-electron chi connectivity index (χ0n) is 14.1. The molecule has 2 aromatic carbocycles. The molecule has 0 aliphatic carbocycles. The summed E-state index contributed by atoms with van der Waals surface area (Å²) in [5.74, 6) is 0.934. The Labute approximate surface area is 140 Å². The molecule has 0 atom stereocenters. The Hall–Kier alpha value is -2.76. The first-order valence-corrected chi connectivity index (χ1v) is 7.30. The van der Waals surface area contributed by atoms with Crippen molar-refractivity contribution in [3.63, 3.8) is 0 Å². The van der Waals surface area contributed by atoms with E-state index < -0.39 is 0 Å². The molecule has 128 valence electrons. The molecule has 0 N–H and O–H groups in total. The fourth-order valence-electron chi connectivity index (χ4n) is 2.43. The van der Waals surface area contributed by atoms with Gasteiger partial charge in [0, 0.05) is 24.7 Å². The van der Waals surface area contributed by atoms with Crippen LogP contribution in [0.4, 0.5) is 4.39 Å². The quantitative estimate of drug-likeness (QED) is 0.815. The normalized spacial score (nSPS) is 10.2. The predicted molar refractivity (Wildman–Crippen MR) is 88.3 cm³/mol. The van der Waals surface area contributed by atoms with Gasteiger partial charge in [-0.25, -0.2) is 4.39 Å². The molecule has 0 heterocycles. The summed E-state index contributed by atoms with van der Waals surface area (Å²) in [7, 11) is 6.27. The van der Waals surface area contributed by atoms with E-state index in [1.807, 2.05) is 6.07 Å². The molecule has 6 heteroatoms. The third-order valence-electron chi connectivity index (χ3n) is 3.63. The summed E-state index contributed by atoms with van der Waals surface area (Å²) in [5, 5.41) is 0. The summed E-state index contributed by atoms with van der Waals surface area (Å²) >= 11 is 0. The molecule has 0 fully saturated rings. The van der Waals surface area contributed by atoms with E-state index in [1.54, 1.807) is 20.2 Å². The molecular weight excluding hydrogens is 313 g/mol. The topological polar surface area (TPSA) is 48.0 Å². The zero-order chi connectivity index (χ0) is 17.7. The number of methoxy groups -OCH3 is 3. The summed E-state index contributed by atoms with van der Waals surface area (Å²) in [4.78, 5) is 14.0. The molecule has 0 saturated carbocycles. The van der Waals surface area contributed by atoms with Crippen LogP contribution < -0.4 is 14.2 Å². The van der Waals surface area contributed by atoms with Crippen molar-refractivity contribution in [3.05, 3.63) is 53.3 Å². The summed E-state index contributed by atoms with van der Waals surface area (Å²) in [5.41, 5.74) is 1.19. The van der Waals surface area contributed by atoms with Crippen molar-refractivity contribution in [3.8, 4) is 17.2 Å². The monoisotopic (exact) mass is 333 g/mol. The molecular formula is C18H20FNO4. The minimum Gasteiger partial charge on any atom is -0.493 e. The van der Waals surface area contributed by atoms with E-state index in [-0.39, 0.29) is 11.7 Å². The lowest BCUT2D eigenvalue weighted by molar-refractivity contribution is 0.0784. The molecule has 0 spiro atoms. The van der Waals surface area contributed by atoms with Gasteiger partial charge in [-0.15, -0.1) is 0 Å². The van der Waals surface area contributed by atoms with Crippen LogP contribution in [0.25, 0.3) is 0 Å². The number of rotatable bonds is 6. The average Bonchev–Trinajstić information content (AvgIpc) is 2.61. The molecule has 0 aliphatic rings. The SMILES string of the molecule is COc1ccc(CN(C)C(=O)c2ccc(F)cc2)c(OC)c1OC. The number of carbonyl (C=O) groups excluding carboxylic acids is 1. The van der Waals surface area contributed by atoms with Crippen molar-refractivity contribution in [2.24, 2.45) is 0 Å². The smallest absolute Gasteiger partial charge is 0.253 e. The average molecular weight is 333 g/mol. The van der Waals surface area contributed by atoms with Gasteiger partial charge >= 0.3 is 0 Å². The second-order valence-corrected chi connectivity index (χ2v) is 5.16. The molecule has 24 heavy (non-hydrogen) atoms. The number of ether oxygens (including phenoxy) is 3. The molecule has 2 aromatic rings. The highest BCUT2D eigenvalue weighted by Crippen LogP contribution is 2.40. The van der Waals surface area contributed by atoms with Gasteiger partial charge in [0.1, 0.15) is 5.82 Å². The van der Waals surface area contributed by atoms with Gasteiger partial charge < -0.3 is 19.1 Å². The first-order valence-electron chi connectivity index (χ1n) is 7.30. The lowest BCUT2D eigenvalue weighted by Crippen LogP contribution is -2.26. The zero-order valence-corrected chi connectivity index (χ0v) is 14.1. The molecule has 5 nitrogen and oxygen atoms in total. The Balaban J connectivity index is 2.26. The third-order valence-corrected chi connectivity index (χ3v) is 3.63. The van der Waals surface area contributed by atoms with Crippen LogP contribution in [0.5, 0.6) is 17.2 Å². The van der Waals surface area contributed by atoms with Gasteiger partial charge in [0.25, 0.3) is 5.91 Å². The second kappa shape index (κ2) is 7.68. The van der Waals surface area contributed by atoms with Crippen LogP contribution in [0.15, 0.2) is 36.4 Å². The standard InChI is InChI=1S/C18H20FNO4/c1-20(18(21)12-5-8-14(19)9-6-12)11-13-7-10-15(22-2)17(24-4)16(13)23-3/h5-10H,11H2,1-4H3. The maximum absolute atomic E-state index is 13.0. The minimum atomic E-state index is -0.379. The molecule has 0 aliphatic heterocycles. The Morgan fingerprint density at radius 3 is 2.12 bits per heavy atom. The molecule has 0 aromatic heterocycles. The number of halogens is 1. The maximum atomic E-state index is 13.0. The van der Waals surface area contributed by atoms with Crippen LogP contribution in [-0.2, 0) is 6.54 Å². The van der Waals surface area contributed by atoms with Gasteiger partial charge in [0.2, 0.25) is 5.75 Å². The Bertz CT molecular complexity index is 716. The third kappa shape index (κ3) is 3.59. The summed E-state index contributed by atoms with van der Waals surface area (Å²) in [6.07, 6.45) is 0. The number of hydrogen-bond acceptors (Lipinski definition) is 4. The van der Waals surface area contributed by atoms with Crippen LogP contribution in [0.2, 0.25) is 0 Å². The highest BCUT2D eigenvalue weighted by Gasteiger charge is 2.19. The van der Waals surface area contributed by atoms with Gasteiger partial charge in [-0.1, -0.05) is 0 Å². The highest BCUT2D eigenvalue weighted by atomic mass is 19.1. The molecule has 0 bridgehead atoms. The van der Waals surface area contributed by atoms with E-state index in [2.05, 4.69) is 0 Å². The summed E-state index contributed by atoms with van der Waals surface area (Å²) < 4.78 is 29.0. The highest BCUT2D eigenvalue weighted by molar-refractivity contribution is 5.94. The van der Waals surface area contributed by atoms with Gasteiger partial charge in [-0.3, -0.25) is 4.79 Å². The number of benzene rings is 2. The van der Waals surface area contributed by atoms with Gasteiger partial charge in [-0.05, 0) is 36.4 Å². The first-order chi connectivity index (χ1) is 11.5. The molecule has 1 amide bonds. The van der Waals surface area contributed by atoms with Crippen molar-refractivity contribution in [1.82, 2.24) is 4.90 Å². The maximum Gasteiger partial charge on any atom is 0.253 e. The van der Waals surface area contributed by atoms with E-state index in [0.29, 0.717) is 29.4 Å². The number of nitrogens with zero attached hydrogens (tertiary/aromatic N) is 1. The molecule has 0 radical (unpaired) electrons. The van der Waals surface area contributed by atoms with Crippen LogP contribution >= 0.6 is 0 Å². The Kier molecular flexibility index (Phi) is 5.63. The molecule has 2 rings (SSSR count). The molecule has 0 unspecified atom stereocenters. The van der Waals surface area contributed by atoms with E-state index in [1.165, 1.54) is 43.4 Å².